The predicted molar refractivity (Wildman–Crippen MR) is 47.0 cm³/mol. The van der Waals surface area contributed by atoms with Crippen LogP contribution in [-0.4, -0.2) is 11.4 Å². The van der Waals surface area contributed by atoms with E-state index in [0.717, 1.165) is 0 Å². The van der Waals surface area contributed by atoms with Gasteiger partial charge in [0, 0.05) is 12.1 Å². The first-order chi connectivity index (χ1) is 5.74. The molecule has 0 aromatic heterocycles. The number of benzene rings is 1. The third-order valence-electron chi connectivity index (χ3n) is 1.23. The Kier molecular flexibility index (Phi) is 4.47. The summed E-state index contributed by atoms with van der Waals surface area (Å²) in [6.07, 6.45) is 0. The van der Waals surface area contributed by atoms with Gasteiger partial charge >= 0.3 is 0 Å². The summed E-state index contributed by atoms with van der Waals surface area (Å²) in [6.45, 7) is 0.265. The molecule has 0 aliphatic heterocycles. The van der Waals surface area contributed by atoms with Crippen molar-refractivity contribution in [2.45, 2.75) is 0 Å². The number of nitro groups is 1. The van der Waals surface area contributed by atoms with Crippen LogP contribution in [-0.2, 0) is 4.79 Å². The van der Waals surface area contributed by atoms with Gasteiger partial charge in [-0.15, -0.1) is 12.4 Å². The van der Waals surface area contributed by atoms with E-state index >= 15 is 0 Å². The predicted octanol–water partition coefficient (Wildman–Crippen LogP) is 1.55. The maximum Gasteiger partial charge on any atom is 0.298 e. The Balaban J connectivity index is 0.00000144. The molecule has 0 unspecified atom stereocenters. The topological polar surface area (TPSA) is 69.4 Å². The van der Waals surface area contributed by atoms with Crippen LogP contribution in [0.1, 0.15) is 0 Å². The van der Waals surface area contributed by atoms with Gasteiger partial charge in [-0.25, -0.2) is 0 Å². The van der Waals surface area contributed by atoms with Crippen molar-refractivity contribution in [3.05, 3.63) is 34.4 Å². The van der Waals surface area contributed by atoms with Crippen molar-refractivity contribution in [3.8, 4) is 5.75 Å². The molecule has 6 heteroatoms. The Hall–Kier alpha value is -1.62. The van der Waals surface area contributed by atoms with Crippen molar-refractivity contribution in [1.82, 2.24) is 0 Å². The molecule has 1 rings (SSSR count). The maximum absolute atomic E-state index is 10.2. The highest BCUT2D eigenvalue weighted by Crippen LogP contribution is 2.16. The van der Waals surface area contributed by atoms with Crippen molar-refractivity contribution in [3.63, 3.8) is 0 Å². The van der Waals surface area contributed by atoms with Gasteiger partial charge < -0.3 is 4.74 Å². The molecule has 0 radical (unpaired) electrons. The molecule has 0 atom stereocenters. The fourth-order valence-electron chi connectivity index (χ4n) is 0.702. The minimum Gasteiger partial charge on any atom is -0.429 e. The highest BCUT2D eigenvalue weighted by atomic mass is 35.5. The maximum atomic E-state index is 10.2. The number of hydrogen-bond acceptors (Lipinski definition) is 4. The zero-order chi connectivity index (χ0) is 8.97. The van der Waals surface area contributed by atoms with Crippen LogP contribution in [0.5, 0.6) is 5.75 Å². The van der Waals surface area contributed by atoms with Crippen molar-refractivity contribution < 1.29 is 14.5 Å². The van der Waals surface area contributed by atoms with Crippen molar-refractivity contribution in [2.24, 2.45) is 0 Å². The van der Waals surface area contributed by atoms with E-state index < -0.39 is 4.92 Å². The third kappa shape index (κ3) is 3.08. The van der Waals surface area contributed by atoms with Crippen molar-refractivity contribution in [1.29, 1.82) is 0 Å². The highest BCUT2D eigenvalue weighted by molar-refractivity contribution is 5.85. The number of ether oxygens (including phenoxy) is 1. The van der Waals surface area contributed by atoms with E-state index in [4.69, 9.17) is 0 Å². The average molecular weight is 204 g/mol. The molecule has 0 aliphatic carbocycles. The van der Waals surface area contributed by atoms with Crippen LogP contribution in [0.3, 0.4) is 0 Å². The van der Waals surface area contributed by atoms with Crippen LogP contribution in [0.2, 0.25) is 0 Å². The van der Waals surface area contributed by atoms with Crippen LogP contribution < -0.4 is 4.74 Å². The number of nitrogens with zero attached hydrogens (tertiary/aromatic N) is 1. The Bertz CT molecular complexity index is 298. The third-order valence-corrected chi connectivity index (χ3v) is 1.23. The highest BCUT2D eigenvalue weighted by Gasteiger charge is 2.03. The first kappa shape index (κ1) is 11.4. The second-order valence-corrected chi connectivity index (χ2v) is 1.97. The standard InChI is InChI=1S/C7H5NO4.ClH/c9-5-12-7-3-1-6(2-4-7)8(10)11;/h1-5H;1H. The average Bonchev–Trinajstić information content (AvgIpc) is 2.06. The summed E-state index contributed by atoms with van der Waals surface area (Å²) in [6, 6.07) is 5.23. The lowest BCUT2D eigenvalue weighted by molar-refractivity contribution is -0.384. The summed E-state index contributed by atoms with van der Waals surface area (Å²) >= 11 is 0. The van der Waals surface area contributed by atoms with Crippen LogP contribution in [0.15, 0.2) is 24.3 Å². The molecule has 0 saturated heterocycles. The number of rotatable bonds is 3. The van der Waals surface area contributed by atoms with E-state index in [1.807, 2.05) is 0 Å². The fraction of sp³-hybridized carbons (Fsp3) is 0. The molecule has 0 spiro atoms. The van der Waals surface area contributed by atoms with E-state index in [1.54, 1.807) is 0 Å². The number of carbonyl (C=O) groups excluding carboxylic acids is 1. The van der Waals surface area contributed by atoms with Gasteiger partial charge in [-0.05, 0) is 12.1 Å². The van der Waals surface area contributed by atoms with E-state index in [0.29, 0.717) is 0 Å². The summed E-state index contributed by atoms with van der Waals surface area (Å²) < 4.78 is 4.44. The zero-order valence-electron chi connectivity index (χ0n) is 6.38. The van der Waals surface area contributed by atoms with E-state index in [2.05, 4.69) is 4.74 Å². The van der Waals surface area contributed by atoms with Gasteiger partial charge in [0.15, 0.2) is 0 Å². The second-order valence-electron chi connectivity index (χ2n) is 1.97. The lowest BCUT2D eigenvalue weighted by atomic mass is 10.3. The minimum atomic E-state index is -0.523. The lowest BCUT2D eigenvalue weighted by Crippen LogP contribution is -1.90. The van der Waals surface area contributed by atoms with Crippen molar-refractivity contribution in [2.75, 3.05) is 0 Å². The molecule has 0 fully saturated rings. The molecular weight excluding hydrogens is 198 g/mol. The minimum absolute atomic E-state index is 0. The summed E-state index contributed by atoms with van der Waals surface area (Å²) in [5.74, 6) is 0.288. The normalized spacial score (nSPS) is 8.31. The fourth-order valence-corrected chi connectivity index (χ4v) is 0.702. The lowest BCUT2D eigenvalue weighted by Gasteiger charge is -1.94. The van der Waals surface area contributed by atoms with Crippen LogP contribution in [0.25, 0.3) is 0 Å². The Labute approximate surface area is 79.9 Å². The Morgan fingerprint density at radius 1 is 1.31 bits per heavy atom. The summed E-state index contributed by atoms with van der Waals surface area (Å²) in [7, 11) is 0. The molecule has 0 saturated carbocycles. The number of nitro benzene ring substituents is 1. The Morgan fingerprint density at radius 3 is 2.23 bits per heavy atom. The van der Waals surface area contributed by atoms with Crippen molar-refractivity contribution >= 4 is 24.6 Å². The molecule has 1 aromatic carbocycles. The molecule has 5 nitrogen and oxygen atoms in total. The molecule has 0 aliphatic rings. The molecular formula is C7H6ClNO4. The molecule has 0 bridgehead atoms. The zero-order valence-corrected chi connectivity index (χ0v) is 7.19. The molecule has 0 heterocycles. The molecule has 0 N–H and O–H groups in total. The first-order valence-electron chi connectivity index (χ1n) is 3.09. The largest absolute Gasteiger partial charge is 0.429 e. The monoisotopic (exact) mass is 203 g/mol. The first-order valence-corrected chi connectivity index (χ1v) is 3.09. The van der Waals surface area contributed by atoms with E-state index in [1.165, 1.54) is 24.3 Å². The smallest absolute Gasteiger partial charge is 0.298 e. The summed E-state index contributed by atoms with van der Waals surface area (Å²) in [4.78, 5) is 19.5. The van der Waals surface area contributed by atoms with Gasteiger partial charge in [0.1, 0.15) is 5.75 Å². The second kappa shape index (κ2) is 5.10. The quantitative estimate of drug-likeness (QED) is 0.425. The molecule has 1 aromatic rings. The number of non-ortho nitro benzene ring substituents is 1. The molecule has 13 heavy (non-hydrogen) atoms. The van der Waals surface area contributed by atoms with Gasteiger partial charge in [0.05, 0.1) is 4.92 Å². The summed E-state index contributed by atoms with van der Waals surface area (Å²) in [5.41, 5.74) is -0.0340. The Morgan fingerprint density at radius 2 is 1.85 bits per heavy atom. The van der Waals surface area contributed by atoms with E-state index in [-0.39, 0.29) is 30.3 Å². The van der Waals surface area contributed by atoms with Gasteiger partial charge in [-0.1, -0.05) is 0 Å². The summed E-state index contributed by atoms with van der Waals surface area (Å²) in [5, 5.41) is 10.2. The molecule has 0 amide bonds. The number of halogens is 1. The van der Waals surface area contributed by atoms with E-state index in [9.17, 15) is 14.9 Å². The number of hydrogen-bond donors (Lipinski definition) is 0. The van der Waals surface area contributed by atoms with Crippen LogP contribution in [0, 0.1) is 10.1 Å². The molecule has 70 valence electrons. The number of carbonyl (C=O) groups is 1. The van der Waals surface area contributed by atoms with Crippen LogP contribution in [0.4, 0.5) is 5.69 Å². The van der Waals surface area contributed by atoms with Gasteiger partial charge in [0.2, 0.25) is 0 Å². The van der Waals surface area contributed by atoms with Gasteiger partial charge in [0.25, 0.3) is 12.2 Å². The SMILES string of the molecule is Cl.O=COc1ccc([N+](=O)[O-])cc1. The van der Waals surface area contributed by atoms with Gasteiger partial charge in [-0.3, -0.25) is 14.9 Å². The van der Waals surface area contributed by atoms with Crippen LogP contribution >= 0.6 is 12.4 Å². The van der Waals surface area contributed by atoms with Gasteiger partial charge in [-0.2, -0.15) is 0 Å².